The van der Waals surface area contributed by atoms with Crippen molar-refractivity contribution in [1.29, 1.82) is 0 Å². The Hall–Kier alpha value is -4.18. The standard InChI is InChI=1S/C33H45N5O5/c1-32(2,3)42-30(40)35-29(36-31(41)43-33(4,5)6)38-21-18-25(19-22-38)24-11-13-26(14-12-24)28(39)34-27-15-9-23(10-16-27)17-20-37(7)8/h9-16,18H,17,19-22H2,1-8H3,(H,34,39)(H,35,36,40,41). The van der Waals surface area contributed by atoms with Crippen molar-refractivity contribution < 1.29 is 23.9 Å². The zero-order valence-corrected chi connectivity index (χ0v) is 26.6. The predicted octanol–water partition coefficient (Wildman–Crippen LogP) is 5.95. The molecule has 0 saturated heterocycles. The lowest BCUT2D eigenvalue weighted by Crippen LogP contribution is -2.48. The first-order chi connectivity index (χ1) is 20.1. The highest BCUT2D eigenvalue weighted by molar-refractivity contribution is 6.04. The first kappa shape index (κ1) is 33.3. The molecule has 2 aromatic rings. The summed E-state index contributed by atoms with van der Waals surface area (Å²) in [5, 5.41) is 5.57. The van der Waals surface area contributed by atoms with Gasteiger partial charge in [0.1, 0.15) is 11.2 Å². The maximum absolute atomic E-state index is 12.8. The zero-order valence-electron chi connectivity index (χ0n) is 26.6. The van der Waals surface area contributed by atoms with E-state index in [-0.39, 0.29) is 11.9 Å². The number of anilines is 1. The average Bonchev–Trinajstić information content (AvgIpc) is 2.90. The van der Waals surface area contributed by atoms with Crippen LogP contribution >= 0.6 is 0 Å². The van der Waals surface area contributed by atoms with Gasteiger partial charge in [0, 0.05) is 30.9 Å². The van der Waals surface area contributed by atoms with Crippen LogP contribution < -0.4 is 10.6 Å². The van der Waals surface area contributed by atoms with Crippen LogP contribution in [0, 0.1) is 0 Å². The minimum Gasteiger partial charge on any atom is -0.444 e. The minimum absolute atomic E-state index is 0.0663. The van der Waals surface area contributed by atoms with E-state index in [9.17, 15) is 14.4 Å². The second-order valence-electron chi connectivity index (χ2n) is 12.7. The average molecular weight is 592 g/mol. The van der Waals surface area contributed by atoms with Crippen molar-refractivity contribution in [2.75, 3.05) is 39.0 Å². The summed E-state index contributed by atoms with van der Waals surface area (Å²) < 4.78 is 10.7. The molecule has 0 saturated carbocycles. The molecule has 1 aliphatic rings. The number of alkyl carbamates (subject to hydrolysis) is 1. The van der Waals surface area contributed by atoms with Crippen LogP contribution in [0.4, 0.5) is 15.3 Å². The van der Waals surface area contributed by atoms with Crippen molar-refractivity contribution in [1.82, 2.24) is 15.1 Å². The highest BCUT2D eigenvalue weighted by atomic mass is 16.6. The van der Waals surface area contributed by atoms with E-state index in [2.05, 4.69) is 20.5 Å². The van der Waals surface area contributed by atoms with Gasteiger partial charge in [0.2, 0.25) is 5.96 Å². The Morgan fingerprint density at radius 2 is 1.53 bits per heavy atom. The number of benzene rings is 2. The SMILES string of the molecule is CN(C)CCc1ccc(NC(=O)c2ccc(C3=CCN(/C(=N\C(=O)OC(C)(C)C)NC(=O)OC(C)(C)C)CC3)cc2)cc1. The van der Waals surface area contributed by atoms with Crippen LogP contribution in [0.1, 0.15) is 69.4 Å². The Balaban J connectivity index is 1.65. The van der Waals surface area contributed by atoms with Crippen LogP contribution in [0.25, 0.3) is 5.57 Å². The molecular weight excluding hydrogens is 546 g/mol. The molecule has 3 amide bonds. The van der Waals surface area contributed by atoms with Gasteiger partial charge in [-0.25, -0.2) is 9.59 Å². The van der Waals surface area contributed by atoms with Gasteiger partial charge in [-0.3, -0.25) is 10.1 Å². The fourth-order valence-electron chi connectivity index (χ4n) is 4.21. The second kappa shape index (κ2) is 14.3. The van der Waals surface area contributed by atoms with Gasteiger partial charge < -0.3 is 24.6 Å². The van der Waals surface area contributed by atoms with Crippen LogP contribution in [-0.2, 0) is 15.9 Å². The van der Waals surface area contributed by atoms with Gasteiger partial charge in [0.05, 0.1) is 0 Å². The molecule has 2 N–H and O–H groups in total. The molecule has 0 unspecified atom stereocenters. The molecule has 43 heavy (non-hydrogen) atoms. The molecule has 2 aromatic carbocycles. The maximum Gasteiger partial charge on any atom is 0.437 e. The van der Waals surface area contributed by atoms with Gasteiger partial charge in [-0.2, -0.15) is 0 Å². The normalized spacial score (nSPS) is 14.2. The number of nitrogens with one attached hydrogen (secondary N) is 2. The third-order valence-corrected chi connectivity index (χ3v) is 6.29. The Morgan fingerprint density at radius 3 is 2.07 bits per heavy atom. The van der Waals surface area contributed by atoms with Crippen LogP contribution in [0.2, 0.25) is 0 Å². The van der Waals surface area contributed by atoms with E-state index >= 15 is 0 Å². The largest absolute Gasteiger partial charge is 0.444 e. The predicted molar refractivity (Wildman–Crippen MR) is 170 cm³/mol. The van der Waals surface area contributed by atoms with Crippen LogP contribution in [0.15, 0.2) is 59.6 Å². The lowest BCUT2D eigenvalue weighted by atomic mass is 9.98. The number of hydrogen-bond acceptors (Lipinski definition) is 6. The van der Waals surface area contributed by atoms with Crippen molar-refractivity contribution in [2.45, 2.75) is 65.6 Å². The fraction of sp³-hybridized carbons (Fsp3) is 0.455. The summed E-state index contributed by atoms with van der Waals surface area (Å²) in [4.78, 5) is 45.7. The third-order valence-electron chi connectivity index (χ3n) is 6.29. The summed E-state index contributed by atoms with van der Waals surface area (Å²) >= 11 is 0. The minimum atomic E-state index is -0.803. The molecule has 0 aromatic heterocycles. The number of rotatable bonds is 6. The lowest BCUT2D eigenvalue weighted by Gasteiger charge is -2.30. The molecule has 0 atom stereocenters. The first-order valence-corrected chi connectivity index (χ1v) is 14.5. The Kier molecular flexibility index (Phi) is 11.1. The van der Waals surface area contributed by atoms with Gasteiger partial charge in [-0.1, -0.05) is 30.3 Å². The molecular formula is C33H45N5O5. The number of guanidine groups is 1. The summed E-state index contributed by atoms with van der Waals surface area (Å²) in [5.41, 5.74) is 3.17. The van der Waals surface area contributed by atoms with Gasteiger partial charge in [-0.15, -0.1) is 4.99 Å². The highest BCUT2D eigenvalue weighted by Crippen LogP contribution is 2.24. The van der Waals surface area contributed by atoms with Crippen molar-refractivity contribution >= 4 is 35.3 Å². The van der Waals surface area contributed by atoms with Crippen LogP contribution in [0.3, 0.4) is 0 Å². The Labute approximate surface area is 255 Å². The molecule has 10 heteroatoms. The van der Waals surface area contributed by atoms with E-state index in [1.807, 2.05) is 68.7 Å². The molecule has 0 bridgehead atoms. The van der Waals surface area contributed by atoms with Gasteiger partial charge in [-0.05, 0) is 109 Å². The summed E-state index contributed by atoms with van der Waals surface area (Å²) in [6.07, 6.45) is 2.09. The zero-order chi connectivity index (χ0) is 31.8. The van der Waals surface area contributed by atoms with Gasteiger partial charge in [0.25, 0.3) is 5.91 Å². The number of hydrogen-bond donors (Lipinski definition) is 2. The van der Waals surface area contributed by atoms with E-state index in [1.54, 1.807) is 46.4 Å². The number of carbonyl (C=O) groups is 3. The quantitative estimate of drug-likeness (QED) is 0.315. The molecule has 1 heterocycles. The maximum atomic E-state index is 12.8. The monoisotopic (exact) mass is 591 g/mol. The number of nitrogens with zero attached hydrogens (tertiary/aromatic N) is 3. The number of aliphatic imine (C=N–C) groups is 1. The van der Waals surface area contributed by atoms with E-state index < -0.39 is 23.4 Å². The highest BCUT2D eigenvalue weighted by Gasteiger charge is 2.24. The topological polar surface area (TPSA) is 113 Å². The van der Waals surface area contributed by atoms with Crippen LogP contribution in [-0.4, -0.2) is 78.8 Å². The van der Waals surface area contributed by atoms with E-state index in [0.717, 1.165) is 29.8 Å². The number of likely N-dealkylation sites (N-methyl/N-ethyl adjacent to an activating group) is 1. The van der Waals surface area contributed by atoms with Crippen molar-refractivity contribution in [3.8, 4) is 0 Å². The molecule has 10 nitrogen and oxygen atoms in total. The summed E-state index contributed by atoms with van der Waals surface area (Å²) in [6.45, 7) is 12.4. The summed E-state index contributed by atoms with van der Waals surface area (Å²) in [5.74, 6) is -0.107. The second-order valence-corrected chi connectivity index (χ2v) is 12.7. The van der Waals surface area contributed by atoms with E-state index in [0.29, 0.717) is 25.1 Å². The van der Waals surface area contributed by atoms with E-state index in [4.69, 9.17) is 9.47 Å². The van der Waals surface area contributed by atoms with Crippen molar-refractivity contribution in [3.63, 3.8) is 0 Å². The van der Waals surface area contributed by atoms with Crippen LogP contribution in [0.5, 0.6) is 0 Å². The Bertz CT molecular complexity index is 1330. The Morgan fingerprint density at radius 1 is 0.907 bits per heavy atom. The summed E-state index contributed by atoms with van der Waals surface area (Å²) in [7, 11) is 4.09. The molecule has 0 radical (unpaired) electrons. The molecule has 0 fully saturated rings. The molecule has 0 aliphatic carbocycles. The fourth-order valence-corrected chi connectivity index (χ4v) is 4.21. The van der Waals surface area contributed by atoms with Crippen molar-refractivity contribution in [2.24, 2.45) is 4.99 Å². The third kappa shape index (κ3) is 11.5. The van der Waals surface area contributed by atoms with Gasteiger partial charge >= 0.3 is 12.2 Å². The van der Waals surface area contributed by atoms with Crippen molar-refractivity contribution in [3.05, 3.63) is 71.3 Å². The first-order valence-electron chi connectivity index (χ1n) is 14.5. The number of amides is 3. The molecule has 3 rings (SSSR count). The number of ether oxygens (including phenoxy) is 2. The van der Waals surface area contributed by atoms with E-state index in [1.165, 1.54) is 5.56 Å². The molecule has 232 valence electrons. The number of carbonyl (C=O) groups excluding carboxylic acids is 3. The lowest BCUT2D eigenvalue weighted by molar-refractivity contribution is 0.0554. The molecule has 1 aliphatic heterocycles. The smallest absolute Gasteiger partial charge is 0.437 e. The summed E-state index contributed by atoms with van der Waals surface area (Å²) in [6, 6.07) is 15.4. The van der Waals surface area contributed by atoms with Gasteiger partial charge in [0.15, 0.2) is 0 Å². The molecule has 0 spiro atoms.